The molecule has 0 saturated heterocycles. The first-order chi connectivity index (χ1) is 7.00. The molecule has 0 amide bonds. The second kappa shape index (κ2) is 4.68. The van der Waals surface area contributed by atoms with Crippen molar-refractivity contribution in [2.75, 3.05) is 0 Å². The van der Waals surface area contributed by atoms with Crippen LogP contribution < -0.4 is 0 Å². The molecule has 0 saturated carbocycles. The van der Waals surface area contributed by atoms with Gasteiger partial charge in [0.05, 0.1) is 5.92 Å². The Morgan fingerprint density at radius 1 is 1.40 bits per heavy atom. The molecular weight excluding hydrogens is 196 g/mol. The molecule has 0 spiro atoms. The third kappa shape index (κ3) is 3.16. The van der Waals surface area contributed by atoms with Gasteiger partial charge < -0.3 is 15.3 Å². The van der Waals surface area contributed by atoms with E-state index in [0.717, 1.165) is 0 Å². The van der Waals surface area contributed by atoms with Gasteiger partial charge in [0, 0.05) is 6.07 Å². The number of carboxylic acids is 1. The zero-order chi connectivity index (χ0) is 11.4. The molecule has 0 heterocycles. The van der Waals surface area contributed by atoms with Crippen molar-refractivity contribution in [2.24, 2.45) is 5.92 Å². The van der Waals surface area contributed by atoms with Crippen LogP contribution in [0.15, 0.2) is 18.2 Å². The van der Waals surface area contributed by atoms with Crippen molar-refractivity contribution >= 4 is 5.97 Å². The van der Waals surface area contributed by atoms with E-state index >= 15 is 0 Å². The first-order valence-electron chi connectivity index (χ1n) is 4.74. The van der Waals surface area contributed by atoms with E-state index in [-0.39, 0.29) is 11.5 Å². The van der Waals surface area contributed by atoms with Gasteiger partial charge in [-0.05, 0) is 24.5 Å². The molecule has 1 aromatic rings. The first-order valence-corrected chi connectivity index (χ1v) is 4.74. The number of aryl methyl sites for hydroxylation is 1. The highest BCUT2D eigenvalue weighted by molar-refractivity contribution is 5.69. The van der Waals surface area contributed by atoms with E-state index in [2.05, 4.69) is 0 Å². The predicted octanol–water partition coefficient (Wildman–Crippen LogP) is 1.75. The fraction of sp³-hybridized carbons (Fsp3) is 0.364. The van der Waals surface area contributed by atoms with Gasteiger partial charge in [0.15, 0.2) is 0 Å². The number of aromatic hydroxyl groups is 2. The van der Waals surface area contributed by atoms with Crippen molar-refractivity contribution in [3.8, 4) is 11.5 Å². The minimum absolute atomic E-state index is 0.00235. The first kappa shape index (κ1) is 11.4. The Kier molecular flexibility index (Phi) is 3.55. The molecule has 1 rings (SSSR count). The number of carboxylic acid groups (broad SMARTS) is 1. The lowest BCUT2D eigenvalue weighted by atomic mass is 10.0. The van der Waals surface area contributed by atoms with Crippen LogP contribution in [0.3, 0.4) is 0 Å². The van der Waals surface area contributed by atoms with Crippen LogP contribution in [0.25, 0.3) is 0 Å². The fourth-order valence-corrected chi connectivity index (χ4v) is 1.26. The third-order valence-corrected chi connectivity index (χ3v) is 2.34. The second-order valence-electron chi connectivity index (χ2n) is 3.59. The highest BCUT2D eigenvalue weighted by atomic mass is 16.4. The zero-order valence-electron chi connectivity index (χ0n) is 8.47. The highest BCUT2D eigenvalue weighted by Gasteiger charge is 2.11. The van der Waals surface area contributed by atoms with Gasteiger partial charge in [-0.25, -0.2) is 0 Å². The monoisotopic (exact) mass is 210 g/mol. The smallest absolute Gasteiger partial charge is 0.306 e. The number of phenolic OH excluding ortho intramolecular Hbond substituents is 2. The normalized spacial score (nSPS) is 12.3. The Hall–Kier alpha value is -1.71. The summed E-state index contributed by atoms with van der Waals surface area (Å²) in [6, 6.07) is 4.32. The van der Waals surface area contributed by atoms with E-state index < -0.39 is 11.9 Å². The summed E-state index contributed by atoms with van der Waals surface area (Å²) in [5, 5.41) is 27.2. The number of rotatable bonds is 4. The van der Waals surface area contributed by atoms with Gasteiger partial charge in [0.2, 0.25) is 0 Å². The number of benzene rings is 1. The molecule has 0 radical (unpaired) electrons. The van der Waals surface area contributed by atoms with Gasteiger partial charge in [0.25, 0.3) is 0 Å². The average Bonchev–Trinajstić information content (AvgIpc) is 2.15. The summed E-state index contributed by atoms with van der Waals surface area (Å²) in [5.41, 5.74) is 0.654. The molecule has 15 heavy (non-hydrogen) atoms. The molecule has 0 aliphatic heterocycles. The molecule has 82 valence electrons. The molecule has 0 aromatic heterocycles. The molecule has 0 bridgehead atoms. The van der Waals surface area contributed by atoms with Crippen LogP contribution in [0.5, 0.6) is 11.5 Å². The van der Waals surface area contributed by atoms with Gasteiger partial charge in [-0.3, -0.25) is 4.79 Å². The summed E-state index contributed by atoms with van der Waals surface area (Å²) >= 11 is 0. The standard InChI is InChI=1S/C11H14O4/c1-7(11(14)15)2-3-8-4-5-9(12)6-10(8)13/h4-7,12-13H,2-3H2,1H3,(H,14,15). The van der Waals surface area contributed by atoms with Gasteiger partial charge in [-0.2, -0.15) is 0 Å². The van der Waals surface area contributed by atoms with E-state index in [9.17, 15) is 9.90 Å². The largest absolute Gasteiger partial charge is 0.508 e. The van der Waals surface area contributed by atoms with Gasteiger partial charge in [0.1, 0.15) is 11.5 Å². The van der Waals surface area contributed by atoms with Crippen molar-refractivity contribution in [1.82, 2.24) is 0 Å². The number of hydrogen-bond donors (Lipinski definition) is 3. The summed E-state index contributed by atoms with van der Waals surface area (Å²) in [6.45, 7) is 1.62. The Balaban J connectivity index is 2.62. The molecule has 1 atom stereocenters. The summed E-state index contributed by atoms with van der Waals surface area (Å²) in [5.74, 6) is -1.26. The van der Waals surface area contributed by atoms with Gasteiger partial charge in [-0.1, -0.05) is 13.0 Å². The molecule has 4 heteroatoms. The van der Waals surface area contributed by atoms with Crippen LogP contribution in [0.1, 0.15) is 18.9 Å². The minimum atomic E-state index is -0.840. The van der Waals surface area contributed by atoms with Gasteiger partial charge in [-0.15, -0.1) is 0 Å². The minimum Gasteiger partial charge on any atom is -0.508 e. The summed E-state index contributed by atoms with van der Waals surface area (Å²) in [4.78, 5) is 10.6. The van der Waals surface area contributed by atoms with Crippen molar-refractivity contribution < 1.29 is 20.1 Å². The number of phenols is 2. The maximum absolute atomic E-state index is 10.6. The summed E-state index contributed by atoms with van der Waals surface area (Å²) in [6.07, 6.45) is 0.952. The molecular formula is C11H14O4. The third-order valence-electron chi connectivity index (χ3n) is 2.34. The van der Waals surface area contributed by atoms with E-state index in [1.165, 1.54) is 12.1 Å². The maximum atomic E-state index is 10.6. The number of aliphatic carboxylic acids is 1. The van der Waals surface area contributed by atoms with Gasteiger partial charge >= 0.3 is 5.97 Å². The average molecular weight is 210 g/mol. The highest BCUT2D eigenvalue weighted by Crippen LogP contribution is 2.24. The van der Waals surface area contributed by atoms with Crippen LogP contribution in [-0.2, 0) is 11.2 Å². The topological polar surface area (TPSA) is 77.8 Å². The van der Waals surface area contributed by atoms with E-state index in [1.807, 2.05) is 0 Å². The molecule has 4 nitrogen and oxygen atoms in total. The lowest BCUT2D eigenvalue weighted by molar-refractivity contribution is -0.141. The lowest BCUT2D eigenvalue weighted by Crippen LogP contribution is -2.10. The Morgan fingerprint density at radius 3 is 2.60 bits per heavy atom. The van der Waals surface area contributed by atoms with Crippen LogP contribution in [0.2, 0.25) is 0 Å². The number of carbonyl (C=O) groups is 1. The van der Waals surface area contributed by atoms with Crippen LogP contribution in [-0.4, -0.2) is 21.3 Å². The van der Waals surface area contributed by atoms with Crippen molar-refractivity contribution in [2.45, 2.75) is 19.8 Å². The molecule has 1 aromatic carbocycles. The van der Waals surface area contributed by atoms with Crippen LogP contribution in [0, 0.1) is 5.92 Å². The van der Waals surface area contributed by atoms with E-state index in [1.54, 1.807) is 13.0 Å². The van der Waals surface area contributed by atoms with Crippen LogP contribution >= 0.6 is 0 Å². The van der Waals surface area contributed by atoms with E-state index in [4.69, 9.17) is 10.2 Å². The quantitative estimate of drug-likeness (QED) is 0.707. The van der Waals surface area contributed by atoms with Crippen molar-refractivity contribution in [3.05, 3.63) is 23.8 Å². The lowest BCUT2D eigenvalue weighted by Gasteiger charge is -2.07. The fourth-order valence-electron chi connectivity index (χ4n) is 1.26. The zero-order valence-corrected chi connectivity index (χ0v) is 8.47. The number of hydrogen-bond acceptors (Lipinski definition) is 3. The molecule has 1 unspecified atom stereocenters. The van der Waals surface area contributed by atoms with Crippen molar-refractivity contribution in [3.63, 3.8) is 0 Å². The van der Waals surface area contributed by atoms with Crippen LogP contribution in [0.4, 0.5) is 0 Å². The SMILES string of the molecule is CC(CCc1ccc(O)cc1O)C(=O)O. The van der Waals surface area contributed by atoms with E-state index in [0.29, 0.717) is 18.4 Å². The molecule has 3 N–H and O–H groups in total. The maximum Gasteiger partial charge on any atom is 0.306 e. The molecule has 0 fully saturated rings. The van der Waals surface area contributed by atoms with Crippen molar-refractivity contribution in [1.29, 1.82) is 0 Å². The Labute approximate surface area is 87.8 Å². The predicted molar refractivity (Wildman–Crippen MR) is 54.9 cm³/mol. The second-order valence-corrected chi connectivity index (χ2v) is 3.59. The Bertz CT molecular complexity index is 360. The summed E-state index contributed by atoms with van der Waals surface area (Å²) < 4.78 is 0. The molecule has 0 aliphatic carbocycles. The Morgan fingerprint density at radius 2 is 2.07 bits per heavy atom. The summed E-state index contributed by atoms with van der Waals surface area (Å²) in [7, 11) is 0. The molecule has 0 aliphatic rings.